The summed E-state index contributed by atoms with van der Waals surface area (Å²) in [6, 6.07) is 10.5. The third-order valence-corrected chi connectivity index (χ3v) is 6.32. The number of nitro groups is 1. The summed E-state index contributed by atoms with van der Waals surface area (Å²) in [7, 11) is 0. The van der Waals surface area contributed by atoms with E-state index in [0.29, 0.717) is 5.56 Å². The average molecular weight is 451 g/mol. The molecule has 0 radical (unpaired) electrons. The molecule has 3 aliphatic heterocycles. The molecule has 0 unspecified atom stereocenters. The number of allylic oxidation sites excluding steroid dienone is 1. The van der Waals surface area contributed by atoms with Crippen LogP contribution in [0.2, 0.25) is 5.02 Å². The number of hydrogen-bond acceptors (Lipinski definition) is 7. The summed E-state index contributed by atoms with van der Waals surface area (Å²) >= 11 is 6.22. The summed E-state index contributed by atoms with van der Waals surface area (Å²) in [6.07, 6.45) is 4.90. The van der Waals surface area contributed by atoms with Gasteiger partial charge in [-0.1, -0.05) is 48.0 Å². The van der Waals surface area contributed by atoms with Crippen molar-refractivity contribution in [2.45, 2.75) is 12.1 Å². The van der Waals surface area contributed by atoms with E-state index in [1.54, 1.807) is 42.5 Å². The maximum atomic E-state index is 13.5. The molecule has 2 saturated heterocycles. The van der Waals surface area contributed by atoms with Gasteiger partial charge in [-0.3, -0.25) is 29.5 Å². The van der Waals surface area contributed by atoms with Gasteiger partial charge in [0.25, 0.3) is 5.69 Å². The van der Waals surface area contributed by atoms with Crippen LogP contribution in [-0.2, 0) is 9.59 Å². The van der Waals surface area contributed by atoms with Gasteiger partial charge in [0.1, 0.15) is 6.04 Å². The van der Waals surface area contributed by atoms with Gasteiger partial charge < -0.3 is 0 Å². The van der Waals surface area contributed by atoms with Gasteiger partial charge in [-0.05, 0) is 12.1 Å². The van der Waals surface area contributed by atoms with Gasteiger partial charge in [0.05, 0.1) is 33.5 Å². The maximum absolute atomic E-state index is 13.5. The predicted molar refractivity (Wildman–Crippen MR) is 115 cm³/mol. The standard InChI is InChI=1S/C22H15ClN4O5/c23-14-9-8-13(27(31)32)11-16(14)25-21(29)17-15-7-4-10-24-26(15)19(18(17)22(25)30)20(28)12-5-2-1-3-6-12/h1-11,15,17-19H/t15-,17-,18+,19-/m1/s1. The third kappa shape index (κ3) is 2.85. The lowest BCUT2D eigenvalue weighted by atomic mass is 9.86. The molecule has 32 heavy (non-hydrogen) atoms. The van der Waals surface area contributed by atoms with Crippen molar-refractivity contribution in [2.24, 2.45) is 16.9 Å². The first-order valence-electron chi connectivity index (χ1n) is 9.80. The Morgan fingerprint density at radius 2 is 1.78 bits per heavy atom. The number of rotatable bonds is 4. The summed E-state index contributed by atoms with van der Waals surface area (Å²) in [5.41, 5.74) is 0.0301. The van der Waals surface area contributed by atoms with Gasteiger partial charge in [0.2, 0.25) is 11.8 Å². The number of Topliss-reactive ketones (excluding diaryl/α,β-unsaturated/α-hetero) is 1. The van der Waals surface area contributed by atoms with Crippen LogP contribution in [-0.4, -0.2) is 45.8 Å². The van der Waals surface area contributed by atoms with Crippen LogP contribution < -0.4 is 4.90 Å². The van der Waals surface area contributed by atoms with Gasteiger partial charge >= 0.3 is 0 Å². The predicted octanol–water partition coefficient (Wildman–Crippen LogP) is 2.85. The molecular formula is C22H15ClN4O5. The minimum Gasteiger partial charge on any atom is -0.292 e. The van der Waals surface area contributed by atoms with Crippen molar-refractivity contribution in [1.82, 2.24) is 5.01 Å². The Hall–Kier alpha value is -3.85. The van der Waals surface area contributed by atoms with Crippen LogP contribution in [0.25, 0.3) is 0 Å². The Bertz CT molecular complexity index is 1230. The minimum atomic E-state index is -1.00. The van der Waals surface area contributed by atoms with Crippen LogP contribution in [0.5, 0.6) is 0 Å². The Morgan fingerprint density at radius 1 is 1.06 bits per heavy atom. The molecule has 3 aliphatic rings. The summed E-state index contributed by atoms with van der Waals surface area (Å²) in [4.78, 5) is 51.9. The number of ketones is 1. The van der Waals surface area contributed by atoms with Crippen molar-refractivity contribution in [3.8, 4) is 0 Å². The normalized spacial score (nSPS) is 25.8. The summed E-state index contributed by atoms with van der Waals surface area (Å²) in [5, 5.41) is 17.0. The smallest absolute Gasteiger partial charge is 0.271 e. The molecule has 0 spiro atoms. The number of anilines is 1. The number of fused-ring (bicyclic) bond motifs is 3. The Labute approximate surface area is 186 Å². The fourth-order valence-electron chi connectivity index (χ4n) is 4.63. The number of benzene rings is 2. The maximum Gasteiger partial charge on any atom is 0.271 e. The van der Waals surface area contributed by atoms with Crippen LogP contribution in [0, 0.1) is 22.0 Å². The van der Waals surface area contributed by atoms with Gasteiger partial charge in [0, 0.05) is 23.9 Å². The first-order valence-corrected chi connectivity index (χ1v) is 10.2. The molecule has 0 aromatic heterocycles. The molecule has 10 heteroatoms. The van der Waals surface area contributed by atoms with Crippen LogP contribution in [0.15, 0.2) is 65.8 Å². The van der Waals surface area contributed by atoms with E-state index in [1.165, 1.54) is 23.4 Å². The molecule has 2 aromatic carbocycles. The number of carbonyl (C=O) groups is 3. The first kappa shape index (κ1) is 20.1. The molecule has 9 nitrogen and oxygen atoms in total. The van der Waals surface area contributed by atoms with Crippen molar-refractivity contribution in [1.29, 1.82) is 0 Å². The lowest BCUT2D eigenvalue weighted by molar-refractivity contribution is -0.384. The quantitative estimate of drug-likeness (QED) is 0.306. The molecule has 0 bridgehead atoms. The van der Waals surface area contributed by atoms with Gasteiger partial charge in [-0.2, -0.15) is 5.10 Å². The molecule has 5 rings (SSSR count). The first-order chi connectivity index (χ1) is 15.4. The number of imide groups is 1. The fraction of sp³-hybridized carbons (Fsp3) is 0.182. The van der Waals surface area contributed by atoms with E-state index in [2.05, 4.69) is 5.10 Å². The number of hydrogen-bond donors (Lipinski definition) is 0. The van der Waals surface area contributed by atoms with Crippen molar-refractivity contribution in [3.05, 3.63) is 81.4 Å². The van der Waals surface area contributed by atoms with Crippen LogP contribution in [0.4, 0.5) is 11.4 Å². The second-order valence-corrected chi connectivity index (χ2v) is 8.06. The molecule has 2 aromatic rings. The number of carbonyl (C=O) groups excluding carboxylic acids is 3. The molecular weight excluding hydrogens is 436 g/mol. The highest BCUT2D eigenvalue weighted by Crippen LogP contribution is 2.47. The van der Waals surface area contributed by atoms with Crippen molar-refractivity contribution in [2.75, 3.05) is 4.90 Å². The molecule has 0 aliphatic carbocycles. The molecule has 3 heterocycles. The number of amides is 2. The third-order valence-electron chi connectivity index (χ3n) is 6.00. The number of nitro benzene ring substituents is 1. The highest BCUT2D eigenvalue weighted by molar-refractivity contribution is 6.36. The number of non-ortho nitro benzene ring substituents is 1. The Morgan fingerprint density at radius 3 is 2.50 bits per heavy atom. The van der Waals surface area contributed by atoms with Gasteiger partial charge in [-0.15, -0.1) is 0 Å². The largest absolute Gasteiger partial charge is 0.292 e. The Kier molecular flexibility index (Phi) is 4.63. The van der Waals surface area contributed by atoms with E-state index in [-0.39, 0.29) is 22.2 Å². The van der Waals surface area contributed by atoms with Crippen LogP contribution in [0.3, 0.4) is 0 Å². The molecule has 2 amide bonds. The van der Waals surface area contributed by atoms with Gasteiger partial charge in [-0.25, -0.2) is 4.90 Å². The fourth-order valence-corrected chi connectivity index (χ4v) is 4.84. The van der Waals surface area contributed by atoms with Crippen molar-refractivity contribution < 1.29 is 19.3 Å². The van der Waals surface area contributed by atoms with E-state index < -0.39 is 40.7 Å². The monoisotopic (exact) mass is 450 g/mol. The van der Waals surface area contributed by atoms with Crippen LogP contribution in [0.1, 0.15) is 10.4 Å². The second kappa shape index (κ2) is 7.38. The highest BCUT2D eigenvalue weighted by Gasteiger charge is 2.64. The number of hydrazone groups is 1. The lowest BCUT2D eigenvalue weighted by Crippen LogP contribution is -2.46. The zero-order valence-corrected chi connectivity index (χ0v) is 17.1. The van der Waals surface area contributed by atoms with Gasteiger partial charge in [0.15, 0.2) is 5.78 Å². The second-order valence-electron chi connectivity index (χ2n) is 7.65. The lowest BCUT2D eigenvalue weighted by Gasteiger charge is -2.30. The number of nitrogens with zero attached hydrogens (tertiary/aromatic N) is 4. The summed E-state index contributed by atoms with van der Waals surface area (Å²) < 4.78 is 0. The molecule has 0 saturated carbocycles. The van der Waals surface area contributed by atoms with E-state index in [9.17, 15) is 24.5 Å². The molecule has 0 N–H and O–H groups in total. The highest BCUT2D eigenvalue weighted by atomic mass is 35.5. The minimum absolute atomic E-state index is 0.0253. The topological polar surface area (TPSA) is 113 Å². The zero-order chi connectivity index (χ0) is 22.6. The van der Waals surface area contributed by atoms with E-state index in [1.807, 2.05) is 0 Å². The summed E-state index contributed by atoms with van der Waals surface area (Å²) in [6.45, 7) is 0. The van der Waals surface area contributed by atoms with Crippen molar-refractivity contribution in [3.63, 3.8) is 0 Å². The van der Waals surface area contributed by atoms with E-state index >= 15 is 0 Å². The molecule has 4 atom stereocenters. The Balaban J connectivity index is 1.60. The average Bonchev–Trinajstić information content (AvgIpc) is 3.27. The zero-order valence-electron chi connectivity index (χ0n) is 16.4. The van der Waals surface area contributed by atoms with E-state index in [4.69, 9.17) is 11.6 Å². The number of halogens is 1. The molecule has 160 valence electrons. The molecule has 2 fully saturated rings. The van der Waals surface area contributed by atoms with Crippen LogP contribution >= 0.6 is 11.6 Å². The SMILES string of the molecule is O=C(c1ccccc1)[C@H]1[C@H]2C(=O)N(c3cc([N+](=O)[O-])ccc3Cl)C(=O)[C@@H]2[C@H]2C=CC=NN21. The van der Waals surface area contributed by atoms with E-state index in [0.717, 1.165) is 11.0 Å². The van der Waals surface area contributed by atoms with Crippen molar-refractivity contribution >= 4 is 46.8 Å². The summed E-state index contributed by atoms with van der Waals surface area (Å²) in [5.74, 6) is -3.40.